The third-order valence-corrected chi connectivity index (χ3v) is 6.44. The molecule has 0 radical (unpaired) electrons. The van der Waals surface area contributed by atoms with Crippen molar-refractivity contribution < 1.29 is 4.74 Å². The second kappa shape index (κ2) is 9.84. The van der Waals surface area contributed by atoms with E-state index < -0.39 is 0 Å². The molecule has 0 aliphatic carbocycles. The maximum Gasteiger partial charge on any atom is 0.0718 e. The Hall–Kier alpha value is -2.04. The van der Waals surface area contributed by atoms with E-state index in [1.54, 1.807) is 0 Å². The summed E-state index contributed by atoms with van der Waals surface area (Å²) in [6, 6.07) is 20.6. The van der Waals surface area contributed by atoms with Gasteiger partial charge in [0.05, 0.1) is 30.1 Å². The zero-order chi connectivity index (χ0) is 20.9. The van der Waals surface area contributed by atoms with Gasteiger partial charge >= 0.3 is 0 Å². The summed E-state index contributed by atoms with van der Waals surface area (Å²) in [5.41, 5.74) is 4.06. The minimum absolute atomic E-state index is 0.348. The van der Waals surface area contributed by atoms with Crippen LogP contribution in [0.25, 0.3) is 0 Å². The Bertz CT molecular complexity index is 788. The van der Waals surface area contributed by atoms with Crippen LogP contribution in [-0.4, -0.2) is 57.4 Å². The Morgan fingerprint density at radius 3 is 2.27 bits per heavy atom. The van der Waals surface area contributed by atoms with Crippen LogP contribution in [0, 0.1) is 5.92 Å². The standard InChI is InChI=1S/C26H37N3O/c1-21(2)19-30-20-23(28-15-9-10-16-28)17-29-25-14-8-7-13-24(25)27(3)18-26(29)22-11-5-4-6-12-22/h4-8,11-14,21,23,26H,9-10,15-20H2,1-3H3. The third kappa shape index (κ3) is 4.81. The van der Waals surface area contributed by atoms with Crippen LogP contribution in [0.1, 0.15) is 38.3 Å². The number of likely N-dealkylation sites (tertiary alicyclic amines) is 1. The van der Waals surface area contributed by atoms with Gasteiger partial charge in [0.2, 0.25) is 0 Å². The molecule has 2 atom stereocenters. The van der Waals surface area contributed by atoms with Crippen molar-refractivity contribution in [3.05, 3.63) is 60.2 Å². The van der Waals surface area contributed by atoms with E-state index in [1.165, 1.54) is 42.9 Å². The first-order valence-corrected chi connectivity index (χ1v) is 11.6. The number of hydrogen-bond acceptors (Lipinski definition) is 4. The molecule has 2 aromatic rings. The SMILES string of the molecule is CC(C)COCC(CN1c2ccccc2N(C)CC1c1ccccc1)N1CCCC1. The molecular formula is C26H37N3O. The van der Waals surface area contributed by atoms with E-state index in [0.717, 1.165) is 26.3 Å². The van der Waals surface area contributed by atoms with E-state index in [1.807, 2.05) is 0 Å². The average molecular weight is 408 g/mol. The highest BCUT2D eigenvalue weighted by Gasteiger charge is 2.33. The van der Waals surface area contributed by atoms with Crippen molar-refractivity contribution in [1.29, 1.82) is 0 Å². The molecule has 0 spiro atoms. The summed E-state index contributed by atoms with van der Waals surface area (Å²) in [5, 5.41) is 0. The van der Waals surface area contributed by atoms with Crippen molar-refractivity contribution in [2.45, 2.75) is 38.8 Å². The van der Waals surface area contributed by atoms with Crippen LogP contribution in [0.3, 0.4) is 0 Å². The fraction of sp³-hybridized carbons (Fsp3) is 0.538. The molecule has 4 rings (SSSR count). The fourth-order valence-electron chi connectivity index (χ4n) is 4.89. The van der Waals surface area contributed by atoms with Crippen LogP contribution in [0.2, 0.25) is 0 Å². The van der Waals surface area contributed by atoms with Gasteiger partial charge in [0.1, 0.15) is 0 Å². The van der Waals surface area contributed by atoms with E-state index >= 15 is 0 Å². The lowest BCUT2D eigenvalue weighted by Crippen LogP contribution is -2.50. The molecule has 4 nitrogen and oxygen atoms in total. The highest BCUT2D eigenvalue weighted by atomic mass is 16.5. The number of fused-ring (bicyclic) bond motifs is 1. The smallest absolute Gasteiger partial charge is 0.0718 e. The van der Waals surface area contributed by atoms with Crippen LogP contribution < -0.4 is 9.80 Å². The van der Waals surface area contributed by atoms with E-state index in [-0.39, 0.29) is 0 Å². The summed E-state index contributed by atoms with van der Waals surface area (Å²) in [7, 11) is 2.22. The number of anilines is 2. The maximum atomic E-state index is 6.18. The highest BCUT2D eigenvalue weighted by molar-refractivity contribution is 5.74. The fourth-order valence-corrected chi connectivity index (χ4v) is 4.89. The van der Waals surface area contributed by atoms with Gasteiger partial charge in [-0.2, -0.15) is 0 Å². The van der Waals surface area contributed by atoms with Gasteiger partial charge in [0.15, 0.2) is 0 Å². The maximum absolute atomic E-state index is 6.18. The van der Waals surface area contributed by atoms with E-state index in [9.17, 15) is 0 Å². The molecule has 2 aliphatic heterocycles. The van der Waals surface area contributed by atoms with E-state index in [0.29, 0.717) is 18.0 Å². The molecular weight excluding hydrogens is 370 g/mol. The number of nitrogens with zero attached hydrogens (tertiary/aromatic N) is 3. The topological polar surface area (TPSA) is 19.0 Å². The second-order valence-corrected chi connectivity index (χ2v) is 9.28. The van der Waals surface area contributed by atoms with Gasteiger partial charge in [-0.25, -0.2) is 0 Å². The van der Waals surface area contributed by atoms with Gasteiger partial charge in [0, 0.05) is 26.7 Å². The molecule has 0 aromatic heterocycles. The molecule has 2 aliphatic rings. The molecule has 4 heteroatoms. The van der Waals surface area contributed by atoms with Gasteiger partial charge < -0.3 is 14.5 Å². The molecule has 0 bridgehead atoms. The van der Waals surface area contributed by atoms with Gasteiger partial charge in [-0.05, 0) is 49.5 Å². The number of rotatable bonds is 8. The molecule has 0 amide bonds. The summed E-state index contributed by atoms with van der Waals surface area (Å²) < 4.78 is 6.18. The Morgan fingerprint density at radius 1 is 0.900 bits per heavy atom. The van der Waals surface area contributed by atoms with Crippen molar-refractivity contribution in [2.75, 3.05) is 56.2 Å². The molecule has 30 heavy (non-hydrogen) atoms. The number of ether oxygens (including phenoxy) is 1. The summed E-state index contributed by atoms with van der Waals surface area (Å²) in [5.74, 6) is 0.575. The predicted octanol–water partition coefficient (Wildman–Crippen LogP) is 4.82. The molecule has 0 N–H and O–H groups in total. The lowest BCUT2D eigenvalue weighted by molar-refractivity contribution is 0.0562. The molecule has 2 heterocycles. The molecule has 2 unspecified atom stereocenters. The Balaban J connectivity index is 1.63. The Kier molecular flexibility index (Phi) is 6.96. The quantitative estimate of drug-likeness (QED) is 0.624. The summed E-state index contributed by atoms with van der Waals surface area (Å²) in [6.07, 6.45) is 2.62. The van der Waals surface area contributed by atoms with Crippen LogP contribution in [0.5, 0.6) is 0 Å². The number of benzene rings is 2. The largest absolute Gasteiger partial charge is 0.379 e. The van der Waals surface area contributed by atoms with Crippen LogP contribution in [0.4, 0.5) is 11.4 Å². The van der Waals surface area contributed by atoms with Crippen molar-refractivity contribution in [3.63, 3.8) is 0 Å². The van der Waals surface area contributed by atoms with Crippen molar-refractivity contribution in [1.82, 2.24) is 4.90 Å². The third-order valence-electron chi connectivity index (χ3n) is 6.44. The van der Waals surface area contributed by atoms with Crippen LogP contribution in [-0.2, 0) is 4.74 Å². The predicted molar refractivity (Wildman–Crippen MR) is 126 cm³/mol. The van der Waals surface area contributed by atoms with E-state index in [4.69, 9.17) is 4.74 Å². The average Bonchev–Trinajstić information content (AvgIpc) is 3.30. The highest BCUT2D eigenvalue weighted by Crippen LogP contribution is 2.40. The summed E-state index contributed by atoms with van der Waals surface area (Å²) >= 11 is 0. The zero-order valence-corrected chi connectivity index (χ0v) is 18.8. The van der Waals surface area contributed by atoms with Crippen molar-refractivity contribution in [3.8, 4) is 0 Å². The lowest BCUT2D eigenvalue weighted by atomic mass is 9.99. The van der Waals surface area contributed by atoms with Crippen LogP contribution in [0.15, 0.2) is 54.6 Å². The molecule has 162 valence electrons. The van der Waals surface area contributed by atoms with Gasteiger partial charge in [-0.3, -0.25) is 4.90 Å². The van der Waals surface area contributed by atoms with E-state index in [2.05, 4.69) is 90.2 Å². The molecule has 0 saturated carbocycles. The number of likely N-dealkylation sites (N-methyl/N-ethyl adjacent to an activating group) is 1. The lowest BCUT2D eigenvalue weighted by Gasteiger charge is -2.46. The minimum atomic E-state index is 0.348. The van der Waals surface area contributed by atoms with Crippen molar-refractivity contribution in [2.24, 2.45) is 5.92 Å². The Morgan fingerprint density at radius 2 is 1.57 bits per heavy atom. The first-order chi connectivity index (χ1) is 14.6. The zero-order valence-electron chi connectivity index (χ0n) is 18.8. The monoisotopic (exact) mass is 407 g/mol. The minimum Gasteiger partial charge on any atom is -0.379 e. The first kappa shape index (κ1) is 21.2. The van der Waals surface area contributed by atoms with Gasteiger partial charge in [-0.1, -0.05) is 56.3 Å². The molecule has 1 saturated heterocycles. The summed E-state index contributed by atoms with van der Waals surface area (Å²) in [4.78, 5) is 7.71. The first-order valence-electron chi connectivity index (χ1n) is 11.6. The van der Waals surface area contributed by atoms with Gasteiger partial charge in [-0.15, -0.1) is 0 Å². The van der Waals surface area contributed by atoms with Crippen LogP contribution >= 0.6 is 0 Å². The van der Waals surface area contributed by atoms with Crippen molar-refractivity contribution >= 4 is 11.4 Å². The second-order valence-electron chi connectivity index (χ2n) is 9.28. The molecule has 2 aromatic carbocycles. The van der Waals surface area contributed by atoms with Gasteiger partial charge in [0.25, 0.3) is 0 Å². The molecule has 1 fully saturated rings. The summed E-state index contributed by atoms with van der Waals surface area (Å²) in [6.45, 7) is 10.5. The number of para-hydroxylation sites is 2. The number of hydrogen-bond donors (Lipinski definition) is 0. The normalized spacial score (nSPS) is 20.6. The Labute approximate surface area is 182 Å².